The molecule has 98 valence electrons. The number of aromatic nitrogens is 1. The van der Waals surface area contributed by atoms with Crippen molar-refractivity contribution in [1.29, 1.82) is 0 Å². The predicted molar refractivity (Wildman–Crippen MR) is 81.6 cm³/mol. The highest BCUT2D eigenvalue weighted by atomic mass is 16.5. The van der Waals surface area contributed by atoms with Crippen LogP contribution in [-0.4, -0.2) is 12.1 Å². The minimum absolute atomic E-state index is 0.883. The average molecular weight is 253 g/mol. The minimum atomic E-state index is 0.883. The van der Waals surface area contributed by atoms with Crippen LogP contribution in [0.2, 0.25) is 0 Å². The Morgan fingerprint density at radius 3 is 2.26 bits per heavy atom. The number of aromatic amines is 1. The zero-order valence-electron chi connectivity index (χ0n) is 11.6. The van der Waals surface area contributed by atoms with Gasteiger partial charge in [0.1, 0.15) is 5.75 Å². The molecule has 0 amide bonds. The summed E-state index contributed by atoms with van der Waals surface area (Å²) in [5.41, 5.74) is 3.59. The molecule has 0 unspecified atom stereocenters. The third kappa shape index (κ3) is 2.63. The first-order valence-electron chi connectivity index (χ1n) is 6.59. The van der Waals surface area contributed by atoms with Gasteiger partial charge in [-0.05, 0) is 23.8 Å². The van der Waals surface area contributed by atoms with Gasteiger partial charge in [0, 0.05) is 22.7 Å². The second-order valence-corrected chi connectivity index (χ2v) is 3.98. The van der Waals surface area contributed by atoms with Crippen molar-refractivity contribution < 1.29 is 4.74 Å². The highest BCUT2D eigenvalue weighted by molar-refractivity contribution is 5.95. The van der Waals surface area contributed by atoms with E-state index in [-0.39, 0.29) is 0 Å². The largest absolute Gasteiger partial charge is 0.497 e. The fourth-order valence-corrected chi connectivity index (χ4v) is 2.08. The van der Waals surface area contributed by atoms with E-state index in [2.05, 4.69) is 35.3 Å². The monoisotopic (exact) mass is 253 g/mol. The van der Waals surface area contributed by atoms with Crippen LogP contribution < -0.4 is 4.74 Å². The van der Waals surface area contributed by atoms with Crippen molar-refractivity contribution in [3.8, 4) is 16.9 Å². The Morgan fingerprint density at radius 1 is 0.895 bits per heavy atom. The van der Waals surface area contributed by atoms with Crippen LogP contribution in [0, 0.1) is 0 Å². The Kier molecular flexibility index (Phi) is 4.24. The van der Waals surface area contributed by atoms with Crippen molar-refractivity contribution in [3.63, 3.8) is 0 Å². The molecule has 0 bridgehead atoms. The van der Waals surface area contributed by atoms with Gasteiger partial charge in [-0.1, -0.05) is 44.2 Å². The lowest BCUT2D eigenvalue weighted by Crippen LogP contribution is -1.81. The molecule has 19 heavy (non-hydrogen) atoms. The molecule has 2 aromatic carbocycles. The lowest BCUT2D eigenvalue weighted by molar-refractivity contribution is 0.415. The molecular formula is C17H19NO. The summed E-state index contributed by atoms with van der Waals surface area (Å²) < 4.78 is 5.17. The zero-order valence-corrected chi connectivity index (χ0v) is 11.6. The van der Waals surface area contributed by atoms with Gasteiger partial charge < -0.3 is 9.72 Å². The van der Waals surface area contributed by atoms with Crippen molar-refractivity contribution in [2.45, 2.75) is 13.8 Å². The number of rotatable bonds is 2. The molecule has 0 aliphatic carbocycles. The summed E-state index contributed by atoms with van der Waals surface area (Å²) in [4.78, 5) is 3.28. The Labute approximate surface area is 114 Å². The molecule has 2 heteroatoms. The minimum Gasteiger partial charge on any atom is -0.497 e. The number of benzene rings is 2. The van der Waals surface area contributed by atoms with Crippen LogP contribution in [-0.2, 0) is 0 Å². The summed E-state index contributed by atoms with van der Waals surface area (Å²) in [5.74, 6) is 0.883. The molecular weight excluding hydrogens is 234 g/mol. The molecule has 3 aromatic rings. The Morgan fingerprint density at radius 2 is 1.58 bits per heavy atom. The van der Waals surface area contributed by atoms with Gasteiger partial charge in [-0.15, -0.1) is 0 Å². The molecule has 0 saturated carbocycles. The summed E-state index contributed by atoms with van der Waals surface area (Å²) in [5, 5.41) is 1.25. The summed E-state index contributed by atoms with van der Waals surface area (Å²) in [7, 11) is 1.68. The second kappa shape index (κ2) is 6.10. The second-order valence-electron chi connectivity index (χ2n) is 3.98. The highest BCUT2D eigenvalue weighted by Crippen LogP contribution is 2.29. The van der Waals surface area contributed by atoms with Crippen LogP contribution in [0.3, 0.4) is 0 Å². The molecule has 0 aliphatic heterocycles. The van der Waals surface area contributed by atoms with Crippen molar-refractivity contribution in [3.05, 3.63) is 54.7 Å². The SMILES string of the molecule is CC.COc1ccc(-c2c[nH]c3ccccc23)cc1. The van der Waals surface area contributed by atoms with Crippen molar-refractivity contribution >= 4 is 10.9 Å². The number of nitrogens with one attached hydrogen (secondary N) is 1. The van der Waals surface area contributed by atoms with Gasteiger partial charge in [-0.3, -0.25) is 0 Å². The predicted octanol–water partition coefficient (Wildman–Crippen LogP) is 4.87. The standard InChI is InChI=1S/C15H13NO.C2H6/c1-17-12-8-6-11(7-9-12)14-10-16-15-5-3-2-4-13(14)15;1-2/h2-10,16H,1H3;1-2H3. The summed E-state index contributed by atoms with van der Waals surface area (Å²) >= 11 is 0. The molecule has 2 nitrogen and oxygen atoms in total. The van der Waals surface area contributed by atoms with Crippen LogP contribution in [0.4, 0.5) is 0 Å². The van der Waals surface area contributed by atoms with E-state index < -0.39 is 0 Å². The number of H-pyrrole nitrogens is 1. The fourth-order valence-electron chi connectivity index (χ4n) is 2.08. The summed E-state index contributed by atoms with van der Waals surface area (Å²) in [6.45, 7) is 4.00. The molecule has 1 N–H and O–H groups in total. The van der Waals surface area contributed by atoms with Gasteiger partial charge >= 0.3 is 0 Å². The fraction of sp³-hybridized carbons (Fsp3) is 0.176. The van der Waals surface area contributed by atoms with Crippen LogP contribution in [0.15, 0.2) is 54.7 Å². The van der Waals surface area contributed by atoms with E-state index in [1.165, 1.54) is 22.0 Å². The van der Waals surface area contributed by atoms with E-state index in [4.69, 9.17) is 4.74 Å². The van der Waals surface area contributed by atoms with Crippen LogP contribution in [0.25, 0.3) is 22.0 Å². The van der Waals surface area contributed by atoms with E-state index in [1.807, 2.05) is 38.2 Å². The molecule has 3 rings (SSSR count). The number of methoxy groups -OCH3 is 1. The molecule has 0 fully saturated rings. The van der Waals surface area contributed by atoms with E-state index in [1.54, 1.807) is 7.11 Å². The Bertz CT molecular complexity index is 638. The van der Waals surface area contributed by atoms with Crippen molar-refractivity contribution in [2.24, 2.45) is 0 Å². The Balaban J connectivity index is 0.000000637. The number of ether oxygens (including phenoxy) is 1. The van der Waals surface area contributed by atoms with Gasteiger partial charge in [-0.2, -0.15) is 0 Å². The average Bonchev–Trinajstić information content (AvgIpc) is 2.93. The highest BCUT2D eigenvalue weighted by Gasteiger charge is 2.04. The van der Waals surface area contributed by atoms with Gasteiger partial charge in [0.05, 0.1) is 7.11 Å². The van der Waals surface area contributed by atoms with E-state index >= 15 is 0 Å². The number of hydrogen-bond acceptors (Lipinski definition) is 1. The quantitative estimate of drug-likeness (QED) is 0.692. The molecule has 1 aromatic heterocycles. The molecule has 0 saturated heterocycles. The smallest absolute Gasteiger partial charge is 0.118 e. The van der Waals surface area contributed by atoms with Gasteiger partial charge in [-0.25, -0.2) is 0 Å². The first-order chi connectivity index (χ1) is 9.38. The number of hydrogen-bond donors (Lipinski definition) is 1. The van der Waals surface area contributed by atoms with Crippen molar-refractivity contribution in [2.75, 3.05) is 7.11 Å². The first-order valence-corrected chi connectivity index (χ1v) is 6.59. The summed E-state index contributed by atoms with van der Waals surface area (Å²) in [6.07, 6.45) is 2.05. The first kappa shape index (κ1) is 13.2. The molecule has 0 radical (unpaired) electrons. The normalized spacial score (nSPS) is 9.84. The molecule has 0 aliphatic rings. The topological polar surface area (TPSA) is 25.0 Å². The van der Waals surface area contributed by atoms with Crippen LogP contribution >= 0.6 is 0 Å². The molecule has 0 atom stereocenters. The van der Waals surface area contributed by atoms with Crippen LogP contribution in [0.5, 0.6) is 5.75 Å². The third-order valence-electron chi connectivity index (χ3n) is 2.99. The number of para-hydroxylation sites is 1. The maximum Gasteiger partial charge on any atom is 0.118 e. The van der Waals surface area contributed by atoms with E-state index in [0.717, 1.165) is 5.75 Å². The Hall–Kier alpha value is -2.22. The van der Waals surface area contributed by atoms with Crippen LogP contribution in [0.1, 0.15) is 13.8 Å². The lowest BCUT2D eigenvalue weighted by atomic mass is 10.0. The molecule has 0 spiro atoms. The maximum absolute atomic E-state index is 5.17. The van der Waals surface area contributed by atoms with Gasteiger partial charge in [0.25, 0.3) is 0 Å². The zero-order chi connectivity index (χ0) is 13.7. The van der Waals surface area contributed by atoms with E-state index in [9.17, 15) is 0 Å². The summed E-state index contributed by atoms with van der Waals surface area (Å²) in [6, 6.07) is 16.4. The lowest BCUT2D eigenvalue weighted by Gasteiger charge is -2.02. The number of fused-ring (bicyclic) bond motifs is 1. The third-order valence-corrected chi connectivity index (χ3v) is 2.99. The van der Waals surface area contributed by atoms with Gasteiger partial charge in [0.2, 0.25) is 0 Å². The molecule has 1 heterocycles. The van der Waals surface area contributed by atoms with Crippen molar-refractivity contribution in [1.82, 2.24) is 4.98 Å². The van der Waals surface area contributed by atoms with E-state index in [0.29, 0.717) is 0 Å². The van der Waals surface area contributed by atoms with Gasteiger partial charge in [0.15, 0.2) is 0 Å². The maximum atomic E-state index is 5.17.